The topological polar surface area (TPSA) is 29.5 Å². The number of hydrogen-bond donors (Lipinski definition) is 0. The summed E-state index contributed by atoms with van der Waals surface area (Å²) in [7, 11) is 0. The first kappa shape index (κ1) is 21.1. The van der Waals surface area contributed by atoms with Crippen molar-refractivity contribution in [3.05, 3.63) is 94.3 Å². The largest absolute Gasteiger partial charge is 0.487 e. The van der Waals surface area contributed by atoms with Crippen molar-refractivity contribution in [2.24, 2.45) is 5.92 Å². The van der Waals surface area contributed by atoms with Crippen LogP contribution in [0.5, 0.6) is 5.75 Å². The fraction of sp³-hybridized carbons (Fsp3) is 0.192. The molecule has 0 unspecified atom stereocenters. The summed E-state index contributed by atoms with van der Waals surface area (Å²) < 4.78 is 19.1. The number of hydrogen-bond acceptors (Lipinski definition) is 2. The Labute approximate surface area is 186 Å². The minimum atomic E-state index is -0.304. The summed E-state index contributed by atoms with van der Waals surface area (Å²) in [5.41, 5.74) is 4.05. The zero-order chi connectivity index (χ0) is 22.0. The number of ether oxygens (including phenoxy) is 1. The molecule has 0 bridgehead atoms. The highest BCUT2D eigenvalue weighted by Gasteiger charge is 2.32. The molecule has 0 aliphatic carbocycles. The Bertz CT molecular complexity index is 1160. The van der Waals surface area contributed by atoms with Crippen molar-refractivity contribution >= 4 is 34.8 Å². The lowest BCUT2D eigenvalue weighted by molar-refractivity contribution is -0.113. The number of benzene rings is 3. The van der Waals surface area contributed by atoms with Gasteiger partial charge in [0.25, 0.3) is 5.91 Å². The van der Waals surface area contributed by atoms with E-state index in [2.05, 4.69) is 13.8 Å². The highest BCUT2D eigenvalue weighted by atomic mass is 35.5. The van der Waals surface area contributed by atoms with E-state index in [4.69, 9.17) is 16.3 Å². The van der Waals surface area contributed by atoms with E-state index < -0.39 is 0 Å². The van der Waals surface area contributed by atoms with E-state index in [0.29, 0.717) is 28.8 Å². The average Bonchev–Trinajstić information content (AvgIpc) is 2.99. The molecule has 31 heavy (non-hydrogen) atoms. The Hall–Kier alpha value is -3.11. The summed E-state index contributed by atoms with van der Waals surface area (Å²) in [5.74, 6) is 0.563. The number of fused-ring (bicyclic) bond motifs is 1. The first-order valence-corrected chi connectivity index (χ1v) is 10.6. The van der Waals surface area contributed by atoms with Gasteiger partial charge in [-0.2, -0.15) is 0 Å². The number of anilines is 1. The maximum Gasteiger partial charge on any atom is 0.259 e. The molecule has 3 nitrogen and oxygen atoms in total. The Balaban J connectivity index is 1.57. The maximum absolute atomic E-state index is 13.3. The van der Waals surface area contributed by atoms with Crippen LogP contribution in [0.25, 0.3) is 11.6 Å². The monoisotopic (exact) mass is 435 g/mol. The third kappa shape index (κ3) is 4.64. The van der Waals surface area contributed by atoms with Gasteiger partial charge < -0.3 is 9.64 Å². The van der Waals surface area contributed by atoms with Crippen LogP contribution in [0.2, 0.25) is 5.02 Å². The van der Waals surface area contributed by atoms with Crippen molar-refractivity contribution in [3.8, 4) is 5.75 Å². The van der Waals surface area contributed by atoms with Crippen molar-refractivity contribution < 1.29 is 13.9 Å². The molecule has 0 atom stereocenters. The molecule has 0 N–H and O–H groups in total. The molecule has 0 saturated heterocycles. The lowest BCUT2D eigenvalue weighted by Gasteiger charge is -2.19. The molecule has 1 aliphatic heterocycles. The minimum absolute atomic E-state index is 0.00236. The van der Waals surface area contributed by atoms with E-state index in [1.165, 1.54) is 12.1 Å². The number of carbonyl (C=O) groups excluding carboxylic acids is 1. The summed E-state index contributed by atoms with van der Waals surface area (Å²) >= 11 is 6.42. The molecule has 0 spiro atoms. The second-order valence-electron chi connectivity index (χ2n) is 7.99. The zero-order valence-electron chi connectivity index (χ0n) is 17.4. The fourth-order valence-electron chi connectivity index (χ4n) is 3.67. The van der Waals surface area contributed by atoms with Crippen LogP contribution in [0.15, 0.2) is 66.7 Å². The number of para-hydroxylation sites is 1. The highest BCUT2D eigenvalue weighted by molar-refractivity contribution is 6.36. The lowest BCUT2D eigenvalue weighted by atomic mass is 10.0. The molecule has 4 rings (SSSR count). The maximum atomic E-state index is 13.3. The summed E-state index contributed by atoms with van der Waals surface area (Å²) in [6.45, 7) is 5.08. The number of rotatable bonds is 6. The zero-order valence-corrected chi connectivity index (χ0v) is 18.2. The molecular formula is C26H23ClFNO2. The smallest absolute Gasteiger partial charge is 0.259 e. The quantitative estimate of drug-likeness (QED) is 0.408. The Morgan fingerprint density at radius 3 is 2.61 bits per heavy atom. The molecule has 1 heterocycles. The van der Waals surface area contributed by atoms with Gasteiger partial charge in [0, 0.05) is 17.7 Å². The van der Waals surface area contributed by atoms with Crippen molar-refractivity contribution in [2.75, 3.05) is 11.4 Å². The van der Waals surface area contributed by atoms with Crippen molar-refractivity contribution in [3.63, 3.8) is 0 Å². The molecular weight excluding hydrogens is 413 g/mol. The summed E-state index contributed by atoms with van der Waals surface area (Å²) in [4.78, 5) is 14.9. The Kier molecular flexibility index (Phi) is 6.10. The molecule has 158 valence electrons. The molecule has 0 aromatic heterocycles. The third-order valence-electron chi connectivity index (χ3n) is 5.06. The van der Waals surface area contributed by atoms with Gasteiger partial charge >= 0.3 is 0 Å². The van der Waals surface area contributed by atoms with Gasteiger partial charge in [0.2, 0.25) is 0 Å². The lowest BCUT2D eigenvalue weighted by Crippen LogP contribution is -2.30. The van der Waals surface area contributed by atoms with Gasteiger partial charge in [-0.3, -0.25) is 4.79 Å². The SMILES string of the molecule is CC(C)CN1C(=O)/C(=C\c2ccc(OCc3cccc(F)c3)c(Cl)c2)c2ccccc21. The number of nitrogens with zero attached hydrogens (tertiary/aromatic N) is 1. The van der Waals surface area contributed by atoms with E-state index in [-0.39, 0.29) is 18.3 Å². The molecule has 1 aliphatic rings. The van der Waals surface area contributed by atoms with Gasteiger partial charge in [-0.1, -0.05) is 61.8 Å². The Morgan fingerprint density at radius 2 is 1.87 bits per heavy atom. The molecule has 1 amide bonds. The van der Waals surface area contributed by atoms with E-state index in [1.807, 2.05) is 41.3 Å². The molecule has 3 aromatic carbocycles. The Morgan fingerprint density at radius 1 is 1.06 bits per heavy atom. The standard InChI is InChI=1S/C26H23ClFNO2/c1-17(2)15-29-24-9-4-3-8-21(24)22(26(29)30)13-18-10-11-25(23(27)14-18)31-16-19-6-5-7-20(28)12-19/h3-14,17H,15-16H2,1-2H3/b22-13-. The van der Waals surface area contributed by atoms with Gasteiger partial charge in [-0.25, -0.2) is 4.39 Å². The van der Waals surface area contributed by atoms with Gasteiger partial charge in [0.05, 0.1) is 10.7 Å². The van der Waals surface area contributed by atoms with Crippen LogP contribution in [0.4, 0.5) is 10.1 Å². The van der Waals surface area contributed by atoms with Gasteiger partial charge in [-0.05, 0) is 53.5 Å². The van der Waals surface area contributed by atoms with E-state index in [9.17, 15) is 9.18 Å². The highest BCUT2D eigenvalue weighted by Crippen LogP contribution is 2.38. The first-order chi connectivity index (χ1) is 14.9. The van der Waals surface area contributed by atoms with Crippen molar-refractivity contribution in [2.45, 2.75) is 20.5 Å². The number of halogens is 2. The van der Waals surface area contributed by atoms with Crippen LogP contribution < -0.4 is 9.64 Å². The summed E-state index contributed by atoms with van der Waals surface area (Å²) in [5, 5.41) is 0.434. The fourth-order valence-corrected chi connectivity index (χ4v) is 3.91. The summed E-state index contributed by atoms with van der Waals surface area (Å²) in [6.07, 6.45) is 1.86. The van der Waals surface area contributed by atoms with Crippen LogP contribution >= 0.6 is 11.6 Å². The number of amides is 1. The predicted octanol–water partition coefficient (Wildman–Crippen LogP) is 6.60. The van der Waals surface area contributed by atoms with Crippen LogP contribution in [0, 0.1) is 11.7 Å². The molecule has 0 saturated carbocycles. The molecule has 0 fully saturated rings. The molecule has 3 aromatic rings. The van der Waals surface area contributed by atoms with E-state index in [1.54, 1.807) is 24.3 Å². The normalized spacial score (nSPS) is 14.4. The van der Waals surface area contributed by atoms with Crippen LogP contribution in [-0.2, 0) is 11.4 Å². The van der Waals surface area contributed by atoms with Gasteiger partial charge in [-0.15, -0.1) is 0 Å². The van der Waals surface area contributed by atoms with Crippen molar-refractivity contribution in [1.82, 2.24) is 0 Å². The van der Waals surface area contributed by atoms with E-state index in [0.717, 1.165) is 22.4 Å². The molecule has 5 heteroatoms. The predicted molar refractivity (Wildman–Crippen MR) is 124 cm³/mol. The number of carbonyl (C=O) groups is 1. The van der Waals surface area contributed by atoms with Gasteiger partial charge in [0.15, 0.2) is 0 Å². The molecule has 0 radical (unpaired) electrons. The van der Waals surface area contributed by atoms with Crippen molar-refractivity contribution in [1.29, 1.82) is 0 Å². The second kappa shape index (κ2) is 8.94. The third-order valence-corrected chi connectivity index (χ3v) is 5.35. The average molecular weight is 436 g/mol. The minimum Gasteiger partial charge on any atom is -0.487 e. The summed E-state index contributed by atoms with van der Waals surface area (Å²) in [6, 6.07) is 19.5. The first-order valence-electron chi connectivity index (χ1n) is 10.2. The van der Waals surface area contributed by atoms with Gasteiger partial charge in [0.1, 0.15) is 18.2 Å². The second-order valence-corrected chi connectivity index (χ2v) is 8.40. The van der Waals surface area contributed by atoms with Crippen LogP contribution in [0.1, 0.15) is 30.5 Å². The van der Waals surface area contributed by atoms with Crippen LogP contribution in [-0.4, -0.2) is 12.5 Å². The van der Waals surface area contributed by atoms with Crippen LogP contribution in [0.3, 0.4) is 0 Å². The van der Waals surface area contributed by atoms with E-state index >= 15 is 0 Å².